The molecule has 4 heterocycles. The maximum atomic E-state index is 13.6. The number of nitrogens with zero attached hydrogens (tertiary/aromatic N) is 4. The van der Waals surface area contributed by atoms with E-state index in [4.69, 9.17) is 4.74 Å². The zero-order valence-corrected chi connectivity index (χ0v) is 19.5. The molecule has 0 aliphatic carbocycles. The maximum Gasteiger partial charge on any atom is 0.262 e. The Morgan fingerprint density at radius 3 is 1.94 bits per heavy atom. The number of aromatic hydroxyl groups is 2. The molecule has 2 aliphatic heterocycles. The molecule has 9 nitrogen and oxygen atoms in total. The molecule has 0 unspecified atom stereocenters. The van der Waals surface area contributed by atoms with Gasteiger partial charge in [-0.2, -0.15) is 9.97 Å². The van der Waals surface area contributed by atoms with Crippen molar-refractivity contribution in [3.05, 3.63) is 61.7 Å². The third-order valence-electron chi connectivity index (χ3n) is 5.84. The Morgan fingerprint density at radius 1 is 0.909 bits per heavy atom. The lowest BCUT2D eigenvalue weighted by Crippen LogP contribution is -2.35. The molecule has 0 bridgehead atoms. The molecule has 0 saturated carbocycles. The summed E-state index contributed by atoms with van der Waals surface area (Å²) in [6.45, 7) is 0.925. The Hall–Kier alpha value is -2.92. The first-order chi connectivity index (χ1) is 16.0. The predicted molar refractivity (Wildman–Crippen MR) is 125 cm³/mol. The van der Waals surface area contributed by atoms with E-state index in [1.807, 2.05) is 0 Å². The van der Waals surface area contributed by atoms with E-state index in [9.17, 15) is 19.8 Å². The van der Waals surface area contributed by atoms with E-state index < -0.39 is 28.8 Å². The summed E-state index contributed by atoms with van der Waals surface area (Å²) in [5.74, 6) is -0.0319. The fourth-order valence-corrected chi connectivity index (χ4v) is 6.20. The highest BCUT2D eigenvalue weighted by Crippen LogP contribution is 2.41. The fraction of sp³-hybridized carbons (Fsp3) is 0.364. The fourth-order valence-electron chi connectivity index (χ4n) is 4.33. The molecule has 0 radical (unpaired) electrons. The number of rotatable bonds is 4. The number of fused-ring (bicyclic) bond motifs is 2. The first kappa shape index (κ1) is 21.9. The summed E-state index contributed by atoms with van der Waals surface area (Å²) in [6, 6.07) is 6.92. The van der Waals surface area contributed by atoms with Crippen molar-refractivity contribution in [3.8, 4) is 17.5 Å². The summed E-state index contributed by atoms with van der Waals surface area (Å²) in [5.41, 5.74) is -0.600. The second kappa shape index (κ2) is 8.79. The number of hydrogen-bond acceptors (Lipinski definition) is 9. The molecule has 2 aromatic heterocycles. The van der Waals surface area contributed by atoms with E-state index >= 15 is 0 Å². The zero-order chi connectivity index (χ0) is 23.1. The van der Waals surface area contributed by atoms with Crippen LogP contribution in [0, 0.1) is 0 Å². The molecule has 2 N–H and O–H groups in total. The largest absolute Gasteiger partial charge is 0.496 e. The van der Waals surface area contributed by atoms with Crippen molar-refractivity contribution in [1.29, 1.82) is 0 Å². The van der Waals surface area contributed by atoms with Crippen LogP contribution >= 0.6 is 23.5 Å². The van der Waals surface area contributed by atoms with Crippen LogP contribution in [0.3, 0.4) is 0 Å². The lowest BCUT2D eigenvalue weighted by atomic mass is 9.86. The van der Waals surface area contributed by atoms with E-state index in [1.54, 1.807) is 24.3 Å². The molecule has 1 aromatic carbocycles. The van der Waals surface area contributed by atoms with E-state index in [0.717, 1.165) is 24.3 Å². The van der Waals surface area contributed by atoms with Crippen LogP contribution in [0.2, 0.25) is 0 Å². The molecule has 172 valence electrons. The average molecular weight is 487 g/mol. The maximum absolute atomic E-state index is 13.6. The number of hydrogen-bond donors (Lipinski definition) is 2. The summed E-state index contributed by atoms with van der Waals surface area (Å²) in [5, 5.41) is 22.7. The van der Waals surface area contributed by atoms with Gasteiger partial charge < -0.3 is 14.9 Å². The Kier molecular flexibility index (Phi) is 5.83. The van der Waals surface area contributed by atoms with Gasteiger partial charge in [0.2, 0.25) is 11.8 Å². The van der Waals surface area contributed by atoms with Gasteiger partial charge in [-0.05, 0) is 18.9 Å². The molecule has 0 fully saturated rings. The number of ether oxygens (including phenoxy) is 1. The monoisotopic (exact) mass is 486 g/mol. The van der Waals surface area contributed by atoms with Crippen molar-refractivity contribution in [2.45, 2.75) is 42.2 Å². The Bertz CT molecular complexity index is 1270. The molecule has 0 amide bonds. The SMILES string of the molecule is COc1ccccc1C(c1c(O)nc2n(c1=O)CCCS2)c1c(O)nc2n(c1=O)CCCS2. The molecule has 0 atom stereocenters. The van der Waals surface area contributed by atoms with Gasteiger partial charge in [0.1, 0.15) is 5.75 Å². The highest BCUT2D eigenvalue weighted by molar-refractivity contribution is 7.99. The van der Waals surface area contributed by atoms with Gasteiger partial charge in [0.05, 0.1) is 24.2 Å². The third-order valence-corrected chi connectivity index (χ3v) is 7.96. The standard InChI is InChI=1S/C22H22N4O5S2/c1-31-13-7-3-2-6-12(13)14(15-17(27)23-21-25(19(15)29)8-4-10-32-21)16-18(28)24-22-26(20(16)30)9-5-11-33-22/h2-3,6-7,14,27-28H,4-5,8-11H2,1H3. The van der Waals surface area contributed by atoms with Crippen LogP contribution in [0.15, 0.2) is 44.2 Å². The first-order valence-electron chi connectivity index (χ1n) is 10.6. The molecular formula is C22H22N4O5S2. The van der Waals surface area contributed by atoms with Gasteiger partial charge in [0.25, 0.3) is 11.1 Å². The number of thioether (sulfide) groups is 2. The first-order valence-corrected chi connectivity index (χ1v) is 12.5. The highest BCUT2D eigenvalue weighted by Gasteiger charge is 2.35. The van der Waals surface area contributed by atoms with Crippen molar-refractivity contribution in [1.82, 2.24) is 19.1 Å². The topological polar surface area (TPSA) is 119 Å². The van der Waals surface area contributed by atoms with Crippen LogP contribution in [0.5, 0.6) is 17.5 Å². The normalized spacial score (nSPS) is 15.2. The van der Waals surface area contributed by atoms with Crippen LogP contribution in [0.4, 0.5) is 0 Å². The van der Waals surface area contributed by atoms with Gasteiger partial charge in [0.15, 0.2) is 10.3 Å². The Morgan fingerprint density at radius 2 is 1.42 bits per heavy atom. The minimum absolute atomic E-state index is 0.0797. The molecule has 5 rings (SSSR count). The molecule has 2 aliphatic rings. The second-order valence-corrected chi connectivity index (χ2v) is 9.88. The third kappa shape index (κ3) is 3.68. The molecule has 0 spiro atoms. The molecule has 33 heavy (non-hydrogen) atoms. The predicted octanol–water partition coefficient (Wildman–Crippen LogP) is 2.39. The van der Waals surface area contributed by atoms with Gasteiger partial charge in [0, 0.05) is 30.2 Å². The summed E-state index contributed by atoms with van der Waals surface area (Å²) in [4.78, 5) is 35.8. The minimum atomic E-state index is -1.12. The van der Waals surface area contributed by atoms with E-state index in [0.29, 0.717) is 34.7 Å². The van der Waals surface area contributed by atoms with Crippen molar-refractivity contribution in [2.24, 2.45) is 0 Å². The summed E-state index contributed by atoms with van der Waals surface area (Å²) in [6.07, 6.45) is 1.57. The summed E-state index contributed by atoms with van der Waals surface area (Å²) < 4.78 is 8.56. The summed E-state index contributed by atoms with van der Waals surface area (Å²) in [7, 11) is 1.48. The van der Waals surface area contributed by atoms with Gasteiger partial charge in [-0.15, -0.1) is 0 Å². The molecular weight excluding hydrogens is 464 g/mol. The second-order valence-electron chi connectivity index (χ2n) is 7.76. The Labute approximate surface area is 197 Å². The highest BCUT2D eigenvalue weighted by atomic mass is 32.2. The minimum Gasteiger partial charge on any atom is -0.496 e. The van der Waals surface area contributed by atoms with Crippen LogP contribution in [-0.2, 0) is 13.1 Å². The molecule has 3 aromatic rings. The Balaban J connectivity index is 1.85. The average Bonchev–Trinajstić information content (AvgIpc) is 2.83. The number of aromatic nitrogens is 4. The van der Waals surface area contributed by atoms with E-state index in [1.165, 1.54) is 39.8 Å². The zero-order valence-electron chi connectivity index (χ0n) is 17.9. The van der Waals surface area contributed by atoms with Crippen molar-refractivity contribution in [3.63, 3.8) is 0 Å². The van der Waals surface area contributed by atoms with Crippen LogP contribution in [0.1, 0.15) is 35.4 Å². The quantitative estimate of drug-likeness (QED) is 0.536. The number of para-hydroxylation sites is 1. The van der Waals surface area contributed by atoms with Gasteiger partial charge >= 0.3 is 0 Å². The van der Waals surface area contributed by atoms with Gasteiger partial charge in [-0.25, -0.2) is 0 Å². The molecule has 0 saturated heterocycles. The van der Waals surface area contributed by atoms with Crippen molar-refractivity contribution in [2.75, 3.05) is 18.6 Å². The number of benzene rings is 1. The van der Waals surface area contributed by atoms with Crippen LogP contribution in [0.25, 0.3) is 0 Å². The van der Waals surface area contributed by atoms with Crippen LogP contribution < -0.4 is 15.9 Å². The molecule has 11 heteroatoms. The summed E-state index contributed by atoms with van der Waals surface area (Å²) >= 11 is 2.80. The number of methoxy groups -OCH3 is 1. The van der Waals surface area contributed by atoms with E-state index in [2.05, 4.69) is 9.97 Å². The lowest BCUT2D eigenvalue weighted by molar-refractivity contribution is 0.396. The van der Waals surface area contributed by atoms with Crippen molar-refractivity contribution < 1.29 is 14.9 Å². The smallest absolute Gasteiger partial charge is 0.262 e. The van der Waals surface area contributed by atoms with E-state index in [-0.39, 0.29) is 11.1 Å². The van der Waals surface area contributed by atoms with Gasteiger partial charge in [-0.1, -0.05) is 41.7 Å². The van der Waals surface area contributed by atoms with Crippen molar-refractivity contribution >= 4 is 23.5 Å². The van der Waals surface area contributed by atoms with Gasteiger partial charge in [-0.3, -0.25) is 18.7 Å². The van der Waals surface area contributed by atoms with Crippen LogP contribution in [-0.4, -0.2) is 47.9 Å². The lowest BCUT2D eigenvalue weighted by Gasteiger charge is -2.25.